The minimum atomic E-state index is -0.0190. The van der Waals surface area contributed by atoms with Crippen LogP contribution >= 0.6 is 11.3 Å². The normalized spacial score (nSPS) is 11.1. The molecule has 1 N–H and O–H groups in total. The Morgan fingerprint density at radius 1 is 1.23 bits per heavy atom. The Kier molecular flexibility index (Phi) is 5.55. The molecular formula is C23H24N4O2S. The molecule has 6 nitrogen and oxygen atoms in total. The predicted octanol–water partition coefficient (Wildman–Crippen LogP) is 4.89. The lowest BCUT2D eigenvalue weighted by molar-refractivity contribution is -0.116. The van der Waals surface area contributed by atoms with Gasteiger partial charge in [0.25, 0.3) is 0 Å². The third-order valence-corrected chi connectivity index (χ3v) is 6.00. The molecular weight excluding hydrogens is 396 g/mol. The van der Waals surface area contributed by atoms with Crippen LogP contribution in [-0.4, -0.2) is 27.8 Å². The smallest absolute Gasteiger partial charge is 0.242 e. The van der Waals surface area contributed by atoms with Gasteiger partial charge in [0, 0.05) is 24.8 Å². The van der Waals surface area contributed by atoms with Gasteiger partial charge in [-0.1, -0.05) is 12.1 Å². The molecule has 0 aliphatic carbocycles. The lowest BCUT2D eigenvalue weighted by atomic mass is 10.00. The van der Waals surface area contributed by atoms with Crippen LogP contribution < -0.4 is 10.1 Å². The summed E-state index contributed by atoms with van der Waals surface area (Å²) in [6.45, 7) is 4.02. The maximum Gasteiger partial charge on any atom is 0.242 e. The van der Waals surface area contributed by atoms with E-state index in [1.165, 1.54) is 0 Å². The van der Waals surface area contributed by atoms with E-state index in [-0.39, 0.29) is 5.91 Å². The number of hydrogen-bond donors (Lipinski definition) is 1. The van der Waals surface area contributed by atoms with Gasteiger partial charge in [0.1, 0.15) is 0 Å². The largest absolute Gasteiger partial charge is 0.479 e. The van der Waals surface area contributed by atoms with Gasteiger partial charge in [0.2, 0.25) is 11.8 Å². The number of rotatable bonds is 6. The van der Waals surface area contributed by atoms with Crippen molar-refractivity contribution in [1.29, 1.82) is 0 Å². The highest BCUT2D eigenvalue weighted by molar-refractivity contribution is 7.08. The third kappa shape index (κ3) is 3.80. The highest BCUT2D eigenvalue weighted by Gasteiger charge is 2.18. The van der Waals surface area contributed by atoms with Crippen LogP contribution in [-0.2, 0) is 18.3 Å². The van der Waals surface area contributed by atoms with E-state index in [0.29, 0.717) is 18.7 Å². The summed E-state index contributed by atoms with van der Waals surface area (Å²) in [4.78, 5) is 17.3. The lowest BCUT2D eigenvalue weighted by Crippen LogP contribution is -2.13. The number of pyridine rings is 1. The van der Waals surface area contributed by atoms with Crippen LogP contribution in [0.1, 0.15) is 23.2 Å². The number of aromatic nitrogens is 3. The van der Waals surface area contributed by atoms with E-state index < -0.39 is 0 Å². The molecule has 0 saturated heterocycles. The Morgan fingerprint density at radius 2 is 2.07 bits per heavy atom. The Bertz CT molecular complexity index is 1210. The van der Waals surface area contributed by atoms with Gasteiger partial charge in [0.05, 0.1) is 12.5 Å². The fourth-order valence-corrected chi connectivity index (χ4v) is 4.44. The van der Waals surface area contributed by atoms with Crippen molar-refractivity contribution in [3.8, 4) is 17.0 Å². The van der Waals surface area contributed by atoms with Crippen molar-refractivity contribution in [3.05, 3.63) is 57.9 Å². The third-order valence-electron chi connectivity index (χ3n) is 5.32. The number of thiophene rings is 1. The van der Waals surface area contributed by atoms with Crippen LogP contribution in [0.5, 0.6) is 5.88 Å². The van der Waals surface area contributed by atoms with Crippen LogP contribution in [0.25, 0.3) is 22.2 Å². The molecule has 0 aliphatic heterocycles. The Balaban J connectivity index is 1.50. The number of fused-ring (bicyclic) bond motifs is 1. The molecule has 0 spiro atoms. The number of carbonyl (C=O) groups is 1. The SMILES string of the molecule is COc1nn(C)c2nc(C)c(CCC(=O)Nc3cccc(-c4ccsc4)c3)c(C)c12. The number of nitrogens with one attached hydrogen (secondary N) is 1. The quantitative estimate of drug-likeness (QED) is 0.482. The minimum Gasteiger partial charge on any atom is -0.479 e. The van der Waals surface area contributed by atoms with Crippen molar-refractivity contribution in [2.24, 2.45) is 7.05 Å². The first kappa shape index (κ1) is 20.1. The van der Waals surface area contributed by atoms with Gasteiger partial charge in [0.15, 0.2) is 5.65 Å². The zero-order chi connectivity index (χ0) is 21.3. The monoisotopic (exact) mass is 420 g/mol. The summed E-state index contributed by atoms with van der Waals surface area (Å²) in [5.74, 6) is 0.544. The highest BCUT2D eigenvalue weighted by atomic mass is 32.1. The van der Waals surface area contributed by atoms with Crippen LogP contribution in [0.3, 0.4) is 0 Å². The number of ether oxygens (including phenoxy) is 1. The summed E-state index contributed by atoms with van der Waals surface area (Å²) in [5, 5.41) is 12.5. The van der Waals surface area contributed by atoms with Gasteiger partial charge in [-0.05, 0) is 71.5 Å². The minimum absolute atomic E-state index is 0.0190. The van der Waals surface area contributed by atoms with Crippen molar-refractivity contribution in [1.82, 2.24) is 14.8 Å². The average Bonchev–Trinajstić information content (AvgIpc) is 3.36. The zero-order valence-electron chi connectivity index (χ0n) is 17.5. The number of carbonyl (C=O) groups excluding carboxylic acids is 1. The molecule has 0 saturated carbocycles. The second-order valence-corrected chi connectivity index (χ2v) is 8.05. The molecule has 0 atom stereocenters. The van der Waals surface area contributed by atoms with Gasteiger partial charge in [-0.25, -0.2) is 9.67 Å². The molecule has 1 amide bonds. The van der Waals surface area contributed by atoms with Crippen LogP contribution in [0.4, 0.5) is 5.69 Å². The summed E-state index contributed by atoms with van der Waals surface area (Å²) in [5.41, 5.74) is 6.90. The number of nitrogens with zero attached hydrogens (tertiary/aromatic N) is 3. The van der Waals surface area contributed by atoms with Crippen molar-refractivity contribution in [2.45, 2.75) is 26.7 Å². The molecule has 1 aromatic carbocycles. The van der Waals surface area contributed by atoms with E-state index in [2.05, 4.69) is 21.9 Å². The first-order valence-electron chi connectivity index (χ1n) is 9.77. The van der Waals surface area contributed by atoms with Gasteiger partial charge in [-0.3, -0.25) is 4.79 Å². The molecule has 0 fully saturated rings. The van der Waals surface area contributed by atoms with E-state index in [9.17, 15) is 4.79 Å². The van der Waals surface area contributed by atoms with Gasteiger partial charge in [-0.2, -0.15) is 11.3 Å². The zero-order valence-corrected chi connectivity index (χ0v) is 18.3. The summed E-state index contributed by atoms with van der Waals surface area (Å²) in [6, 6.07) is 10.0. The molecule has 7 heteroatoms. The second kappa shape index (κ2) is 8.28. The molecule has 30 heavy (non-hydrogen) atoms. The van der Waals surface area contributed by atoms with Crippen LogP contribution in [0.15, 0.2) is 41.1 Å². The Morgan fingerprint density at radius 3 is 2.80 bits per heavy atom. The molecule has 3 aromatic heterocycles. The lowest BCUT2D eigenvalue weighted by Gasteiger charge is -2.12. The first-order chi connectivity index (χ1) is 14.5. The van der Waals surface area contributed by atoms with E-state index in [1.807, 2.05) is 50.5 Å². The number of benzene rings is 1. The number of amides is 1. The number of anilines is 1. The Labute approximate surface area is 179 Å². The molecule has 0 aliphatic rings. The van der Waals surface area contributed by atoms with Crippen molar-refractivity contribution in [3.63, 3.8) is 0 Å². The standard InChI is InChI=1S/C23H24N4O2S/c1-14-19(15(2)24-22-21(14)23(29-4)26-27(22)3)8-9-20(28)25-18-7-5-6-16(12-18)17-10-11-30-13-17/h5-7,10-13H,8-9H2,1-4H3,(H,25,28). The van der Waals surface area contributed by atoms with Gasteiger partial charge < -0.3 is 10.1 Å². The summed E-state index contributed by atoms with van der Waals surface area (Å²) < 4.78 is 7.15. The molecule has 0 radical (unpaired) electrons. The van der Waals surface area contributed by atoms with E-state index >= 15 is 0 Å². The second-order valence-electron chi connectivity index (χ2n) is 7.27. The summed E-state index contributed by atoms with van der Waals surface area (Å²) >= 11 is 1.66. The highest BCUT2D eigenvalue weighted by Crippen LogP contribution is 2.30. The molecule has 3 heterocycles. The summed E-state index contributed by atoms with van der Waals surface area (Å²) in [7, 11) is 3.46. The maximum absolute atomic E-state index is 12.6. The molecule has 4 rings (SSSR count). The van der Waals surface area contributed by atoms with Crippen LogP contribution in [0, 0.1) is 13.8 Å². The number of aryl methyl sites for hydroxylation is 3. The fraction of sp³-hybridized carbons (Fsp3) is 0.261. The van der Waals surface area contributed by atoms with E-state index in [4.69, 9.17) is 9.72 Å². The summed E-state index contributed by atoms with van der Waals surface area (Å²) in [6.07, 6.45) is 0.981. The van der Waals surface area contributed by atoms with Crippen LogP contribution in [0.2, 0.25) is 0 Å². The van der Waals surface area contributed by atoms with Crippen molar-refractivity contribution < 1.29 is 9.53 Å². The number of methoxy groups -OCH3 is 1. The fourth-order valence-electron chi connectivity index (χ4n) is 3.77. The van der Waals surface area contributed by atoms with Crippen molar-refractivity contribution >= 4 is 34.0 Å². The van der Waals surface area contributed by atoms with Gasteiger partial charge >= 0.3 is 0 Å². The first-order valence-corrected chi connectivity index (χ1v) is 10.7. The van der Waals surface area contributed by atoms with E-state index in [1.54, 1.807) is 23.1 Å². The topological polar surface area (TPSA) is 69.0 Å². The maximum atomic E-state index is 12.6. The molecule has 154 valence electrons. The number of hydrogen-bond acceptors (Lipinski definition) is 5. The Hall–Kier alpha value is -3.19. The molecule has 4 aromatic rings. The van der Waals surface area contributed by atoms with E-state index in [0.717, 1.165) is 44.7 Å². The molecule has 0 bridgehead atoms. The average molecular weight is 421 g/mol. The molecule has 0 unspecified atom stereocenters. The van der Waals surface area contributed by atoms with Gasteiger partial charge in [-0.15, -0.1) is 5.10 Å². The predicted molar refractivity (Wildman–Crippen MR) is 121 cm³/mol. The van der Waals surface area contributed by atoms with Crippen molar-refractivity contribution in [2.75, 3.05) is 12.4 Å².